The molecule has 2 N–H and O–H groups in total. The van der Waals surface area contributed by atoms with Crippen molar-refractivity contribution in [3.05, 3.63) is 30.5 Å². The topological polar surface area (TPSA) is 40.2 Å². The predicted octanol–water partition coefficient (Wildman–Crippen LogP) is 3.81. The lowest BCUT2D eigenvalue weighted by Crippen LogP contribution is -2.23. The van der Waals surface area contributed by atoms with Gasteiger partial charge in [0.2, 0.25) is 0 Å². The van der Waals surface area contributed by atoms with E-state index in [1.54, 1.807) is 7.11 Å². The quantitative estimate of drug-likeness (QED) is 0.780. The second-order valence-corrected chi connectivity index (χ2v) is 6.23. The summed E-state index contributed by atoms with van der Waals surface area (Å²) in [5.74, 6) is 0.950. The largest absolute Gasteiger partial charge is 0.496 e. The van der Waals surface area contributed by atoms with Crippen LogP contribution in [0.25, 0.3) is 10.9 Å². The number of nitrogens with two attached hydrogens (primary N) is 1. The van der Waals surface area contributed by atoms with Crippen molar-refractivity contribution >= 4 is 10.9 Å². The molecule has 1 heterocycles. The van der Waals surface area contributed by atoms with Crippen molar-refractivity contribution in [2.24, 2.45) is 11.1 Å². The van der Waals surface area contributed by atoms with Crippen molar-refractivity contribution in [1.29, 1.82) is 0 Å². The Morgan fingerprint density at radius 1 is 1.20 bits per heavy atom. The lowest BCUT2D eigenvalue weighted by atomic mass is 9.87. The van der Waals surface area contributed by atoms with Gasteiger partial charge in [-0.05, 0) is 43.0 Å². The first-order chi connectivity index (χ1) is 9.57. The molecule has 0 bridgehead atoms. The molecular weight excluding hydrogens is 248 g/mol. The summed E-state index contributed by atoms with van der Waals surface area (Å²) in [7, 11) is 1.72. The highest BCUT2D eigenvalue weighted by atomic mass is 16.5. The summed E-state index contributed by atoms with van der Waals surface area (Å²) in [6, 6.07) is 8.35. The zero-order valence-electron chi connectivity index (χ0n) is 12.9. The normalized spacial score (nSPS) is 12.0. The molecule has 110 valence electrons. The zero-order valence-corrected chi connectivity index (χ0v) is 12.9. The second-order valence-electron chi connectivity index (χ2n) is 6.23. The molecule has 0 amide bonds. The van der Waals surface area contributed by atoms with E-state index in [2.05, 4.69) is 42.8 Å². The summed E-state index contributed by atoms with van der Waals surface area (Å²) in [5.41, 5.74) is 7.29. The van der Waals surface area contributed by atoms with Gasteiger partial charge in [0.25, 0.3) is 0 Å². The molecule has 0 fully saturated rings. The summed E-state index contributed by atoms with van der Waals surface area (Å²) in [4.78, 5) is 0. The summed E-state index contributed by atoms with van der Waals surface area (Å²) >= 11 is 0. The molecule has 0 atom stereocenters. The van der Waals surface area contributed by atoms with Gasteiger partial charge in [0.1, 0.15) is 5.75 Å². The first kappa shape index (κ1) is 14.9. The molecule has 0 unspecified atom stereocenters. The van der Waals surface area contributed by atoms with Crippen LogP contribution in [0.1, 0.15) is 33.1 Å². The molecule has 0 saturated carbocycles. The second kappa shape index (κ2) is 6.31. The fourth-order valence-electron chi connectivity index (χ4n) is 2.56. The highest BCUT2D eigenvalue weighted by Gasteiger charge is 2.14. The Kier molecular flexibility index (Phi) is 4.71. The minimum absolute atomic E-state index is 0.266. The standard InChI is InChI=1S/C17H26N2O/c1-17(2,13-18)10-4-5-11-19-12-9-14-15(19)7-6-8-16(14)20-3/h6-9,12H,4-5,10-11,13,18H2,1-3H3. The molecule has 0 aliphatic carbocycles. The van der Waals surface area contributed by atoms with Crippen molar-refractivity contribution in [3.8, 4) is 5.75 Å². The van der Waals surface area contributed by atoms with Crippen molar-refractivity contribution in [1.82, 2.24) is 4.57 Å². The van der Waals surface area contributed by atoms with Crippen LogP contribution in [0.3, 0.4) is 0 Å². The van der Waals surface area contributed by atoms with Crippen LogP contribution in [0.5, 0.6) is 5.75 Å². The molecular formula is C17H26N2O. The highest BCUT2D eigenvalue weighted by molar-refractivity contribution is 5.86. The number of aryl methyl sites for hydroxylation is 1. The molecule has 20 heavy (non-hydrogen) atoms. The lowest BCUT2D eigenvalue weighted by Gasteiger charge is -2.21. The van der Waals surface area contributed by atoms with Crippen molar-refractivity contribution in [2.45, 2.75) is 39.7 Å². The van der Waals surface area contributed by atoms with Gasteiger partial charge in [-0.2, -0.15) is 0 Å². The van der Waals surface area contributed by atoms with Crippen molar-refractivity contribution < 1.29 is 4.74 Å². The summed E-state index contributed by atoms with van der Waals surface area (Å²) in [6.45, 7) is 6.29. The van der Waals surface area contributed by atoms with Crippen LogP contribution in [0, 0.1) is 5.41 Å². The number of ether oxygens (including phenoxy) is 1. The number of aromatic nitrogens is 1. The van der Waals surface area contributed by atoms with E-state index in [0.717, 1.165) is 18.8 Å². The fraction of sp³-hybridized carbons (Fsp3) is 0.529. The van der Waals surface area contributed by atoms with Gasteiger partial charge in [-0.25, -0.2) is 0 Å². The van der Waals surface area contributed by atoms with E-state index in [0.29, 0.717) is 0 Å². The third kappa shape index (κ3) is 3.34. The van der Waals surface area contributed by atoms with Crippen LogP contribution in [-0.4, -0.2) is 18.2 Å². The van der Waals surface area contributed by atoms with Gasteiger partial charge in [0, 0.05) is 18.1 Å². The molecule has 2 rings (SSSR count). The van der Waals surface area contributed by atoms with Crippen LogP contribution in [0.2, 0.25) is 0 Å². The first-order valence-electron chi connectivity index (χ1n) is 7.39. The molecule has 0 saturated heterocycles. The number of unbranched alkanes of at least 4 members (excludes halogenated alkanes) is 1. The maximum atomic E-state index is 5.77. The van der Waals surface area contributed by atoms with Crippen LogP contribution < -0.4 is 10.5 Å². The Labute approximate surface area is 121 Å². The maximum Gasteiger partial charge on any atom is 0.128 e. The Hall–Kier alpha value is -1.48. The van der Waals surface area contributed by atoms with E-state index in [1.165, 1.54) is 30.2 Å². The molecule has 3 nitrogen and oxygen atoms in total. The molecule has 2 aromatic rings. The Bertz CT molecular complexity index is 557. The average Bonchev–Trinajstić information content (AvgIpc) is 2.87. The number of methoxy groups -OCH3 is 1. The van der Waals surface area contributed by atoms with Crippen molar-refractivity contribution in [2.75, 3.05) is 13.7 Å². The number of hydrogen-bond donors (Lipinski definition) is 1. The lowest BCUT2D eigenvalue weighted by molar-refractivity contribution is 0.329. The summed E-state index contributed by atoms with van der Waals surface area (Å²) < 4.78 is 7.71. The van der Waals surface area contributed by atoms with E-state index in [9.17, 15) is 0 Å². The number of fused-ring (bicyclic) bond motifs is 1. The minimum Gasteiger partial charge on any atom is -0.496 e. The van der Waals surface area contributed by atoms with Gasteiger partial charge in [-0.3, -0.25) is 0 Å². The average molecular weight is 274 g/mol. The van der Waals surface area contributed by atoms with Gasteiger partial charge in [0.15, 0.2) is 0 Å². The van der Waals surface area contributed by atoms with Crippen LogP contribution in [-0.2, 0) is 6.54 Å². The first-order valence-corrected chi connectivity index (χ1v) is 7.39. The van der Waals surface area contributed by atoms with Gasteiger partial charge in [0.05, 0.1) is 12.6 Å². The van der Waals surface area contributed by atoms with Crippen LogP contribution >= 0.6 is 0 Å². The molecule has 1 aromatic heterocycles. The number of nitrogens with zero attached hydrogens (tertiary/aromatic N) is 1. The Balaban J connectivity index is 1.97. The molecule has 1 aromatic carbocycles. The third-order valence-electron chi connectivity index (χ3n) is 4.05. The zero-order chi connectivity index (χ0) is 14.6. The predicted molar refractivity (Wildman–Crippen MR) is 85.2 cm³/mol. The molecule has 3 heteroatoms. The Morgan fingerprint density at radius 3 is 2.70 bits per heavy atom. The molecule has 0 spiro atoms. The monoisotopic (exact) mass is 274 g/mol. The number of hydrogen-bond acceptors (Lipinski definition) is 2. The highest BCUT2D eigenvalue weighted by Crippen LogP contribution is 2.27. The SMILES string of the molecule is COc1cccc2c1ccn2CCCCC(C)(C)CN. The van der Waals surface area contributed by atoms with E-state index in [1.807, 2.05) is 6.07 Å². The van der Waals surface area contributed by atoms with Gasteiger partial charge < -0.3 is 15.0 Å². The molecule has 0 radical (unpaired) electrons. The van der Waals surface area contributed by atoms with E-state index in [4.69, 9.17) is 10.5 Å². The van der Waals surface area contributed by atoms with E-state index >= 15 is 0 Å². The van der Waals surface area contributed by atoms with Gasteiger partial charge in [-0.1, -0.05) is 26.3 Å². The summed E-state index contributed by atoms with van der Waals surface area (Å²) in [5, 5.41) is 1.19. The number of rotatable bonds is 7. The Morgan fingerprint density at radius 2 is 2.00 bits per heavy atom. The molecule has 0 aliphatic rings. The van der Waals surface area contributed by atoms with E-state index in [-0.39, 0.29) is 5.41 Å². The minimum atomic E-state index is 0.266. The van der Waals surface area contributed by atoms with Crippen LogP contribution in [0.4, 0.5) is 0 Å². The fourth-order valence-corrected chi connectivity index (χ4v) is 2.56. The molecule has 0 aliphatic heterocycles. The number of benzene rings is 1. The van der Waals surface area contributed by atoms with Crippen LogP contribution in [0.15, 0.2) is 30.5 Å². The summed E-state index contributed by atoms with van der Waals surface area (Å²) in [6.07, 6.45) is 5.74. The third-order valence-corrected chi connectivity index (χ3v) is 4.05. The van der Waals surface area contributed by atoms with E-state index < -0.39 is 0 Å². The van der Waals surface area contributed by atoms with Gasteiger partial charge >= 0.3 is 0 Å². The van der Waals surface area contributed by atoms with Gasteiger partial charge in [-0.15, -0.1) is 0 Å². The van der Waals surface area contributed by atoms with Crippen molar-refractivity contribution in [3.63, 3.8) is 0 Å². The maximum absolute atomic E-state index is 5.77. The smallest absolute Gasteiger partial charge is 0.128 e.